The monoisotopic (exact) mass is 374 g/mol. The van der Waals surface area contributed by atoms with Crippen molar-refractivity contribution in [2.75, 3.05) is 37.1 Å². The zero-order valence-corrected chi connectivity index (χ0v) is 17.2. The van der Waals surface area contributed by atoms with Gasteiger partial charge in [0.25, 0.3) is 0 Å². The van der Waals surface area contributed by atoms with Crippen LogP contribution in [0.4, 0.5) is 16.2 Å². The first-order chi connectivity index (χ1) is 12.9. The van der Waals surface area contributed by atoms with Crippen molar-refractivity contribution in [3.63, 3.8) is 0 Å². The highest BCUT2D eigenvalue weighted by Crippen LogP contribution is 2.51. The second-order valence-electron chi connectivity index (χ2n) is 8.32. The van der Waals surface area contributed by atoms with E-state index >= 15 is 0 Å². The van der Waals surface area contributed by atoms with E-state index in [0.717, 1.165) is 31.5 Å². The standard InChI is InChI=1S/C21H34N4O2/c1-5-6-7-8-9-13-25(22-20(26)27)16-10-11-18-17(15-16)21(2)12-14-23(3)19(21)24(18)4/h10-11,15,19,22H,5-9,12-14H2,1-4H3,(H,26,27)/t19?,21-/m0/s1. The first kappa shape index (κ1) is 19.8. The summed E-state index contributed by atoms with van der Waals surface area (Å²) in [5, 5.41) is 11.1. The van der Waals surface area contributed by atoms with Crippen molar-refractivity contribution in [3.8, 4) is 0 Å². The van der Waals surface area contributed by atoms with Crippen LogP contribution < -0.4 is 15.3 Å². The molecule has 0 bridgehead atoms. The molecule has 0 aliphatic carbocycles. The van der Waals surface area contributed by atoms with Gasteiger partial charge in [0.2, 0.25) is 0 Å². The lowest BCUT2D eigenvalue weighted by molar-refractivity contribution is 0.193. The van der Waals surface area contributed by atoms with Crippen LogP contribution in [0.1, 0.15) is 57.9 Å². The largest absolute Gasteiger partial charge is 0.464 e. The molecule has 0 aromatic heterocycles. The summed E-state index contributed by atoms with van der Waals surface area (Å²) in [4.78, 5) is 16.1. The minimum absolute atomic E-state index is 0.0882. The van der Waals surface area contributed by atoms with Crippen molar-refractivity contribution >= 4 is 17.5 Å². The predicted octanol–water partition coefficient (Wildman–Crippen LogP) is 4.02. The van der Waals surface area contributed by atoms with Crippen LogP contribution in [-0.2, 0) is 5.41 Å². The normalized spacial score (nSPS) is 24.0. The van der Waals surface area contributed by atoms with Gasteiger partial charge in [0.05, 0.1) is 11.9 Å². The lowest BCUT2D eigenvalue weighted by atomic mass is 9.81. The van der Waals surface area contributed by atoms with Gasteiger partial charge in [0.1, 0.15) is 0 Å². The molecule has 3 rings (SSSR count). The molecule has 2 aliphatic rings. The number of carboxylic acid groups (broad SMARTS) is 1. The van der Waals surface area contributed by atoms with Gasteiger partial charge < -0.3 is 10.0 Å². The molecule has 1 saturated heterocycles. The van der Waals surface area contributed by atoms with Crippen LogP contribution in [0.3, 0.4) is 0 Å². The molecule has 150 valence electrons. The molecule has 0 spiro atoms. The number of likely N-dealkylation sites (tertiary alicyclic amines) is 1. The highest BCUT2D eigenvalue weighted by atomic mass is 16.4. The van der Waals surface area contributed by atoms with Crippen LogP contribution in [0, 0.1) is 0 Å². The molecule has 2 heterocycles. The summed E-state index contributed by atoms with van der Waals surface area (Å²) in [6.45, 7) is 6.33. The maximum Gasteiger partial charge on any atom is 0.423 e. The predicted molar refractivity (Wildman–Crippen MR) is 110 cm³/mol. The van der Waals surface area contributed by atoms with E-state index in [1.807, 2.05) is 6.07 Å². The minimum atomic E-state index is -1.01. The van der Waals surface area contributed by atoms with Crippen LogP contribution >= 0.6 is 0 Å². The maximum atomic E-state index is 11.3. The average molecular weight is 375 g/mol. The van der Waals surface area contributed by atoms with E-state index in [9.17, 15) is 9.90 Å². The fourth-order valence-corrected chi connectivity index (χ4v) is 4.97. The van der Waals surface area contributed by atoms with E-state index in [2.05, 4.69) is 55.3 Å². The summed E-state index contributed by atoms with van der Waals surface area (Å²) in [7, 11) is 4.35. The van der Waals surface area contributed by atoms with Gasteiger partial charge in [-0.25, -0.2) is 10.2 Å². The first-order valence-electron chi connectivity index (χ1n) is 10.2. The Morgan fingerprint density at radius 1 is 1.30 bits per heavy atom. The molecule has 1 fully saturated rings. The Morgan fingerprint density at radius 2 is 2.04 bits per heavy atom. The van der Waals surface area contributed by atoms with Gasteiger partial charge in [-0.1, -0.05) is 39.5 Å². The Bertz CT molecular complexity index is 680. The molecule has 1 amide bonds. The van der Waals surface area contributed by atoms with Gasteiger partial charge in [0, 0.05) is 31.2 Å². The number of hydrogen-bond donors (Lipinski definition) is 2. The lowest BCUT2D eigenvalue weighted by Gasteiger charge is -2.32. The molecule has 6 heteroatoms. The SMILES string of the molecule is CCCCCCCN(NC(=O)O)c1ccc2c(c1)[C@]1(C)CCN(C)C1N2C. The zero-order chi connectivity index (χ0) is 19.6. The Kier molecular flexibility index (Phi) is 5.84. The highest BCUT2D eigenvalue weighted by molar-refractivity contribution is 5.72. The van der Waals surface area contributed by atoms with Crippen molar-refractivity contribution in [2.24, 2.45) is 0 Å². The number of nitrogens with one attached hydrogen (secondary N) is 1. The average Bonchev–Trinajstić information content (AvgIpc) is 3.05. The summed E-state index contributed by atoms with van der Waals surface area (Å²) in [6.07, 6.45) is 6.26. The van der Waals surface area contributed by atoms with Crippen molar-refractivity contribution in [1.82, 2.24) is 10.3 Å². The van der Waals surface area contributed by atoms with Crippen LogP contribution in [0.5, 0.6) is 0 Å². The molecular formula is C21H34N4O2. The molecular weight excluding hydrogens is 340 g/mol. The van der Waals surface area contributed by atoms with E-state index in [0.29, 0.717) is 12.7 Å². The number of carbonyl (C=O) groups is 1. The van der Waals surface area contributed by atoms with Gasteiger partial charge >= 0.3 is 6.09 Å². The molecule has 27 heavy (non-hydrogen) atoms. The molecule has 1 aromatic rings. The number of unbranched alkanes of at least 4 members (excludes halogenated alkanes) is 4. The second-order valence-corrected chi connectivity index (χ2v) is 8.32. The number of anilines is 2. The molecule has 1 unspecified atom stereocenters. The number of rotatable bonds is 8. The summed E-state index contributed by atoms with van der Waals surface area (Å²) < 4.78 is 0. The summed E-state index contributed by atoms with van der Waals surface area (Å²) >= 11 is 0. The Balaban J connectivity index is 1.81. The van der Waals surface area contributed by atoms with Gasteiger partial charge in [-0.2, -0.15) is 0 Å². The second kappa shape index (κ2) is 7.97. The van der Waals surface area contributed by atoms with Gasteiger partial charge in [-0.05, 0) is 43.7 Å². The molecule has 2 aliphatic heterocycles. The number of likely N-dealkylation sites (N-methyl/N-ethyl adjacent to an activating group) is 2. The summed E-state index contributed by atoms with van der Waals surface area (Å²) in [6, 6.07) is 6.39. The third-order valence-corrected chi connectivity index (χ3v) is 6.34. The van der Waals surface area contributed by atoms with Crippen molar-refractivity contribution < 1.29 is 9.90 Å². The van der Waals surface area contributed by atoms with Crippen molar-refractivity contribution in [3.05, 3.63) is 23.8 Å². The quantitative estimate of drug-likeness (QED) is 0.532. The van der Waals surface area contributed by atoms with Crippen molar-refractivity contribution in [1.29, 1.82) is 0 Å². The highest BCUT2D eigenvalue weighted by Gasteiger charge is 2.52. The number of fused-ring (bicyclic) bond motifs is 3. The molecule has 0 saturated carbocycles. The van der Waals surface area contributed by atoms with Gasteiger partial charge in [0.15, 0.2) is 0 Å². The molecule has 1 aromatic carbocycles. The fourth-order valence-electron chi connectivity index (χ4n) is 4.97. The van der Waals surface area contributed by atoms with Crippen LogP contribution in [-0.4, -0.2) is 49.5 Å². The zero-order valence-electron chi connectivity index (χ0n) is 17.2. The van der Waals surface area contributed by atoms with Gasteiger partial charge in [-0.3, -0.25) is 9.91 Å². The molecule has 0 radical (unpaired) electrons. The topological polar surface area (TPSA) is 59.1 Å². The number of amides is 1. The molecule has 2 N–H and O–H groups in total. The smallest absolute Gasteiger partial charge is 0.423 e. The third-order valence-electron chi connectivity index (χ3n) is 6.34. The number of nitrogens with zero attached hydrogens (tertiary/aromatic N) is 3. The number of hydrogen-bond acceptors (Lipinski definition) is 4. The minimum Gasteiger partial charge on any atom is -0.464 e. The summed E-state index contributed by atoms with van der Waals surface area (Å²) in [5.74, 6) is 0. The maximum absolute atomic E-state index is 11.3. The lowest BCUT2D eigenvalue weighted by Crippen LogP contribution is -2.45. The van der Waals surface area contributed by atoms with E-state index in [4.69, 9.17) is 0 Å². The number of hydrazine groups is 1. The Hall–Kier alpha value is -1.95. The first-order valence-corrected chi connectivity index (χ1v) is 10.2. The number of benzene rings is 1. The Morgan fingerprint density at radius 3 is 2.74 bits per heavy atom. The van der Waals surface area contributed by atoms with E-state index < -0.39 is 6.09 Å². The Labute approximate surface area is 163 Å². The van der Waals surface area contributed by atoms with Crippen molar-refractivity contribution in [2.45, 2.75) is 64.0 Å². The van der Waals surface area contributed by atoms with Crippen LogP contribution in [0.2, 0.25) is 0 Å². The fraction of sp³-hybridized carbons (Fsp3) is 0.667. The van der Waals surface area contributed by atoms with Gasteiger partial charge in [-0.15, -0.1) is 0 Å². The summed E-state index contributed by atoms with van der Waals surface area (Å²) in [5.41, 5.74) is 6.22. The van der Waals surface area contributed by atoms with E-state index in [1.165, 1.54) is 30.5 Å². The van der Waals surface area contributed by atoms with Crippen LogP contribution in [0.25, 0.3) is 0 Å². The van der Waals surface area contributed by atoms with Crippen LogP contribution in [0.15, 0.2) is 18.2 Å². The van der Waals surface area contributed by atoms with E-state index in [1.54, 1.807) is 5.01 Å². The molecule has 6 nitrogen and oxygen atoms in total. The molecule has 2 atom stereocenters. The van der Waals surface area contributed by atoms with E-state index in [-0.39, 0.29) is 5.41 Å². The third kappa shape index (κ3) is 3.72.